The fourth-order valence-corrected chi connectivity index (χ4v) is 4.03. The van der Waals surface area contributed by atoms with Gasteiger partial charge >= 0.3 is 0 Å². The molecule has 2 rings (SSSR count). The second kappa shape index (κ2) is 6.35. The maximum absolute atomic E-state index is 12.3. The summed E-state index contributed by atoms with van der Waals surface area (Å²) in [6.45, 7) is 4.93. The fourth-order valence-electron chi connectivity index (χ4n) is 2.18. The molecule has 1 aliphatic heterocycles. The molecule has 0 amide bonds. The van der Waals surface area contributed by atoms with Gasteiger partial charge in [-0.25, -0.2) is 8.42 Å². The monoisotopic (exact) mass is 347 g/mol. The van der Waals surface area contributed by atoms with Gasteiger partial charge in [-0.3, -0.25) is 4.90 Å². The summed E-state index contributed by atoms with van der Waals surface area (Å²) in [5.41, 5.74) is 0. The Labute approximate surface area is 122 Å². The van der Waals surface area contributed by atoms with Crippen LogP contribution >= 0.6 is 15.9 Å². The minimum Gasteiger partial charge on any atom is -0.379 e. The molecule has 1 aromatic rings. The van der Waals surface area contributed by atoms with Crippen molar-refractivity contribution in [3.05, 3.63) is 28.7 Å². The van der Waals surface area contributed by atoms with Crippen molar-refractivity contribution < 1.29 is 13.2 Å². The smallest absolute Gasteiger partial charge is 0.179 e. The third-order valence-electron chi connectivity index (χ3n) is 3.30. The van der Waals surface area contributed by atoms with E-state index in [1.807, 2.05) is 6.92 Å². The molecule has 0 saturated carbocycles. The van der Waals surface area contributed by atoms with Gasteiger partial charge in [-0.05, 0) is 31.2 Å². The number of hydrogen-bond donors (Lipinski definition) is 0. The van der Waals surface area contributed by atoms with E-state index in [-0.39, 0.29) is 11.8 Å². The van der Waals surface area contributed by atoms with E-state index in [0.29, 0.717) is 18.1 Å². The predicted octanol–water partition coefficient (Wildman–Crippen LogP) is 1.94. The summed E-state index contributed by atoms with van der Waals surface area (Å²) >= 11 is 3.31. The van der Waals surface area contributed by atoms with Crippen LogP contribution < -0.4 is 0 Å². The lowest BCUT2D eigenvalue weighted by Gasteiger charge is -2.32. The third kappa shape index (κ3) is 4.02. The van der Waals surface area contributed by atoms with Gasteiger partial charge < -0.3 is 4.74 Å². The Kier molecular flexibility index (Phi) is 5.00. The summed E-state index contributed by atoms with van der Waals surface area (Å²) in [5.74, 6) is 0.147. The predicted molar refractivity (Wildman–Crippen MR) is 78.0 cm³/mol. The Morgan fingerprint density at radius 2 is 1.84 bits per heavy atom. The van der Waals surface area contributed by atoms with Crippen LogP contribution in [0.5, 0.6) is 0 Å². The number of nitrogens with zero attached hydrogens (tertiary/aromatic N) is 1. The summed E-state index contributed by atoms with van der Waals surface area (Å²) in [4.78, 5) is 2.55. The minimum atomic E-state index is -3.23. The normalized spacial score (nSPS) is 19.3. The molecule has 0 aliphatic carbocycles. The largest absolute Gasteiger partial charge is 0.379 e. The summed E-state index contributed by atoms with van der Waals surface area (Å²) in [6.07, 6.45) is 0. The number of benzene rings is 1. The van der Waals surface area contributed by atoms with Gasteiger partial charge in [-0.15, -0.1) is 0 Å². The zero-order chi connectivity index (χ0) is 13.9. The maximum Gasteiger partial charge on any atom is 0.179 e. The van der Waals surface area contributed by atoms with Crippen molar-refractivity contribution in [2.45, 2.75) is 17.9 Å². The van der Waals surface area contributed by atoms with E-state index in [9.17, 15) is 8.42 Å². The minimum absolute atomic E-state index is 0.0116. The first-order valence-electron chi connectivity index (χ1n) is 6.29. The van der Waals surface area contributed by atoms with Crippen LogP contribution in [0.15, 0.2) is 33.6 Å². The van der Waals surface area contributed by atoms with Crippen LogP contribution in [0.25, 0.3) is 0 Å². The SMILES string of the molecule is CC(CS(=O)(=O)c1ccc(Br)cc1)N1CCOCC1. The molecule has 1 fully saturated rings. The molecule has 0 radical (unpaired) electrons. The van der Waals surface area contributed by atoms with E-state index in [0.717, 1.165) is 17.6 Å². The highest BCUT2D eigenvalue weighted by Crippen LogP contribution is 2.18. The average Bonchev–Trinajstić information content (AvgIpc) is 2.40. The van der Waals surface area contributed by atoms with Crippen molar-refractivity contribution in [1.29, 1.82) is 0 Å². The van der Waals surface area contributed by atoms with Crippen LogP contribution in [0.3, 0.4) is 0 Å². The highest BCUT2D eigenvalue weighted by atomic mass is 79.9. The van der Waals surface area contributed by atoms with E-state index in [4.69, 9.17) is 4.74 Å². The number of sulfone groups is 1. The molecular weight excluding hydrogens is 330 g/mol. The molecule has 1 heterocycles. The molecule has 1 unspecified atom stereocenters. The molecule has 0 bridgehead atoms. The standard InChI is InChI=1S/C13H18BrNO3S/c1-11(15-6-8-18-9-7-15)10-19(16,17)13-4-2-12(14)3-5-13/h2-5,11H,6-10H2,1H3. The van der Waals surface area contributed by atoms with E-state index < -0.39 is 9.84 Å². The zero-order valence-electron chi connectivity index (χ0n) is 10.9. The highest BCUT2D eigenvalue weighted by Gasteiger charge is 2.24. The van der Waals surface area contributed by atoms with Gasteiger partial charge in [0.15, 0.2) is 9.84 Å². The molecule has 6 heteroatoms. The second-order valence-electron chi connectivity index (χ2n) is 4.73. The van der Waals surface area contributed by atoms with E-state index in [1.165, 1.54) is 0 Å². The number of morpholine rings is 1. The Hall–Kier alpha value is -0.430. The van der Waals surface area contributed by atoms with Crippen molar-refractivity contribution in [3.63, 3.8) is 0 Å². The van der Waals surface area contributed by atoms with Crippen molar-refractivity contribution in [1.82, 2.24) is 4.90 Å². The fraction of sp³-hybridized carbons (Fsp3) is 0.538. The molecule has 0 N–H and O–H groups in total. The van der Waals surface area contributed by atoms with Gasteiger partial charge in [0.05, 0.1) is 23.9 Å². The van der Waals surface area contributed by atoms with Crippen LogP contribution in [0.2, 0.25) is 0 Å². The number of hydrogen-bond acceptors (Lipinski definition) is 4. The van der Waals surface area contributed by atoms with Crippen LogP contribution in [0.1, 0.15) is 6.92 Å². The van der Waals surface area contributed by atoms with Crippen LogP contribution in [0, 0.1) is 0 Å². The van der Waals surface area contributed by atoms with Gasteiger partial charge in [-0.1, -0.05) is 15.9 Å². The van der Waals surface area contributed by atoms with Crippen LogP contribution in [-0.4, -0.2) is 51.4 Å². The number of ether oxygens (including phenoxy) is 1. The number of halogens is 1. The molecule has 1 aromatic carbocycles. The van der Waals surface area contributed by atoms with Crippen molar-refractivity contribution in [3.8, 4) is 0 Å². The Balaban J connectivity index is 2.05. The molecule has 0 spiro atoms. The van der Waals surface area contributed by atoms with Gasteiger partial charge in [0.1, 0.15) is 0 Å². The van der Waals surface area contributed by atoms with Gasteiger partial charge in [0.25, 0.3) is 0 Å². The van der Waals surface area contributed by atoms with Crippen molar-refractivity contribution >= 4 is 25.8 Å². The lowest BCUT2D eigenvalue weighted by atomic mass is 10.3. The Bertz CT molecular complexity index is 509. The van der Waals surface area contributed by atoms with Crippen molar-refractivity contribution in [2.75, 3.05) is 32.1 Å². The van der Waals surface area contributed by atoms with Crippen molar-refractivity contribution in [2.24, 2.45) is 0 Å². The summed E-state index contributed by atoms with van der Waals surface area (Å²) in [6, 6.07) is 6.81. The lowest BCUT2D eigenvalue weighted by molar-refractivity contribution is 0.0243. The highest BCUT2D eigenvalue weighted by molar-refractivity contribution is 9.10. The molecule has 4 nitrogen and oxygen atoms in total. The van der Waals surface area contributed by atoms with Crippen LogP contribution in [-0.2, 0) is 14.6 Å². The molecular formula is C13H18BrNO3S. The van der Waals surface area contributed by atoms with E-state index in [1.54, 1.807) is 24.3 Å². The van der Waals surface area contributed by atoms with Gasteiger partial charge in [0, 0.05) is 23.6 Å². The first-order valence-corrected chi connectivity index (χ1v) is 8.74. The van der Waals surface area contributed by atoms with E-state index >= 15 is 0 Å². The first-order chi connectivity index (χ1) is 8.99. The quantitative estimate of drug-likeness (QED) is 0.834. The molecule has 1 aliphatic rings. The lowest BCUT2D eigenvalue weighted by Crippen LogP contribution is -2.45. The summed E-state index contributed by atoms with van der Waals surface area (Å²) in [7, 11) is -3.23. The topological polar surface area (TPSA) is 46.6 Å². The third-order valence-corrected chi connectivity index (χ3v) is 5.74. The second-order valence-corrected chi connectivity index (χ2v) is 7.68. The number of rotatable bonds is 4. The molecule has 1 saturated heterocycles. The molecule has 106 valence electrons. The Morgan fingerprint density at radius 3 is 2.42 bits per heavy atom. The first kappa shape index (κ1) is 15.0. The Morgan fingerprint density at radius 1 is 1.26 bits per heavy atom. The van der Waals surface area contributed by atoms with E-state index in [2.05, 4.69) is 20.8 Å². The average molecular weight is 348 g/mol. The summed E-state index contributed by atoms with van der Waals surface area (Å²) in [5, 5.41) is 0. The van der Waals surface area contributed by atoms with Gasteiger partial charge in [0.2, 0.25) is 0 Å². The van der Waals surface area contributed by atoms with Gasteiger partial charge in [-0.2, -0.15) is 0 Å². The van der Waals surface area contributed by atoms with Crippen LogP contribution in [0.4, 0.5) is 0 Å². The summed E-state index contributed by atoms with van der Waals surface area (Å²) < 4.78 is 30.8. The molecule has 1 atom stereocenters. The maximum atomic E-state index is 12.3. The zero-order valence-corrected chi connectivity index (χ0v) is 13.3. The molecule has 19 heavy (non-hydrogen) atoms. The molecule has 0 aromatic heterocycles.